The second kappa shape index (κ2) is 6.19. The summed E-state index contributed by atoms with van der Waals surface area (Å²) < 4.78 is 14.9. The van der Waals surface area contributed by atoms with Crippen LogP contribution < -0.4 is 0 Å². The Morgan fingerprint density at radius 1 is 1.29 bits per heavy atom. The summed E-state index contributed by atoms with van der Waals surface area (Å²) in [5, 5.41) is 0. The van der Waals surface area contributed by atoms with Gasteiger partial charge in [-0.2, -0.15) is 0 Å². The molecule has 0 N–H and O–H groups in total. The first-order chi connectivity index (χ1) is 8.22. The van der Waals surface area contributed by atoms with Crippen LogP contribution in [0.2, 0.25) is 0 Å². The van der Waals surface area contributed by atoms with Crippen molar-refractivity contribution in [2.45, 2.75) is 44.4 Å². The summed E-state index contributed by atoms with van der Waals surface area (Å²) in [5.74, 6) is 0.911. The molecule has 1 aromatic carbocycles. The zero-order valence-electron chi connectivity index (χ0n) is 9.82. The van der Waals surface area contributed by atoms with Crippen molar-refractivity contribution in [1.29, 1.82) is 0 Å². The van der Waals surface area contributed by atoms with Gasteiger partial charge in [0.1, 0.15) is 5.82 Å². The van der Waals surface area contributed by atoms with Crippen LogP contribution in [0.1, 0.15) is 43.2 Å². The maximum Gasteiger partial charge on any atom is 0.131 e. The predicted octanol–water partition coefficient (Wildman–Crippen LogP) is 5.45. The van der Waals surface area contributed by atoms with Crippen molar-refractivity contribution in [3.05, 3.63) is 33.5 Å². The van der Waals surface area contributed by atoms with Crippen molar-refractivity contribution >= 4 is 27.5 Å². The van der Waals surface area contributed by atoms with Crippen molar-refractivity contribution in [2.24, 2.45) is 5.92 Å². The molecule has 17 heavy (non-hydrogen) atoms. The maximum atomic E-state index is 14.1. The number of alkyl halides is 1. The largest absolute Gasteiger partial charge is 0.206 e. The van der Waals surface area contributed by atoms with Crippen LogP contribution in [0.15, 0.2) is 16.6 Å². The van der Waals surface area contributed by atoms with E-state index in [0.29, 0.717) is 5.56 Å². The second-order valence-corrected chi connectivity index (χ2v) is 5.94. The van der Waals surface area contributed by atoms with Gasteiger partial charge < -0.3 is 0 Å². The third-order valence-corrected chi connectivity index (χ3v) is 4.71. The second-order valence-electron chi connectivity index (χ2n) is 4.82. The van der Waals surface area contributed by atoms with E-state index in [9.17, 15) is 4.39 Å². The lowest BCUT2D eigenvalue weighted by Gasteiger charge is -2.11. The van der Waals surface area contributed by atoms with Crippen LogP contribution in [0.25, 0.3) is 0 Å². The van der Waals surface area contributed by atoms with E-state index in [1.54, 1.807) is 0 Å². The molecule has 0 unspecified atom stereocenters. The third-order valence-electron chi connectivity index (χ3n) is 3.70. The average molecular weight is 320 g/mol. The molecule has 0 bridgehead atoms. The van der Waals surface area contributed by atoms with Crippen LogP contribution in [-0.4, -0.2) is 0 Å². The summed E-state index contributed by atoms with van der Waals surface area (Å²) in [4.78, 5) is 0. The molecule has 1 fully saturated rings. The Morgan fingerprint density at radius 2 is 2.00 bits per heavy atom. The van der Waals surface area contributed by atoms with E-state index >= 15 is 0 Å². The van der Waals surface area contributed by atoms with Crippen molar-refractivity contribution in [3.8, 4) is 0 Å². The van der Waals surface area contributed by atoms with Gasteiger partial charge in [-0.1, -0.05) is 47.7 Å². The smallest absolute Gasteiger partial charge is 0.131 e. The molecule has 3 heteroatoms. The van der Waals surface area contributed by atoms with Crippen molar-refractivity contribution in [3.63, 3.8) is 0 Å². The molecule has 0 amide bonds. The van der Waals surface area contributed by atoms with E-state index in [-0.39, 0.29) is 11.7 Å². The normalized spacial score (nSPS) is 16.6. The molecule has 1 aromatic rings. The maximum absolute atomic E-state index is 14.1. The number of hydrogen-bond donors (Lipinski definition) is 0. The topological polar surface area (TPSA) is 0 Å². The van der Waals surface area contributed by atoms with E-state index in [2.05, 4.69) is 15.9 Å². The minimum Gasteiger partial charge on any atom is -0.206 e. The molecule has 0 saturated heterocycles. The van der Waals surface area contributed by atoms with Crippen LogP contribution in [0, 0.1) is 11.7 Å². The molecule has 0 heterocycles. The minimum absolute atomic E-state index is 0.118. The number of benzene rings is 1. The van der Waals surface area contributed by atoms with Gasteiger partial charge in [0.25, 0.3) is 0 Å². The van der Waals surface area contributed by atoms with Crippen LogP contribution in [-0.2, 0) is 12.3 Å². The summed E-state index contributed by atoms with van der Waals surface area (Å²) in [5.41, 5.74) is 1.41. The van der Waals surface area contributed by atoms with Crippen LogP contribution >= 0.6 is 27.5 Å². The van der Waals surface area contributed by atoms with E-state index in [0.717, 1.165) is 28.8 Å². The molecular formula is C14H17BrClF. The summed E-state index contributed by atoms with van der Waals surface area (Å²) in [7, 11) is 0. The van der Waals surface area contributed by atoms with Gasteiger partial charge >= 0.3 is 0 Å². The summed E-state index contributed by atoms with van der Waals surface area (Å²) in [6, 6.07) is 3.79. The number of rotatable bonds is 4. The highest BCUT2D eigenvalue weighted by molar-refractivity contribution is 9.10. The Hall–Kier alpha value is -0.0800. The van der Waals surface area contributed by atoms with Gasteiger partial charge in [-0.3, -0.25) is 0 Å². The van der Waals surface area contributed by atoms with Gasteiger partial charge in [0, 0.05) is 10.0 Å². The van der Waals surface area contributed by atoms with E-state index < -0.39 is 0 Å². The quantitative estimate of drug-likeness (QED) is 0.647. The molecule has 2 rings (SSSR count). The number of hydrogen-bond acceptors (Lipinski definition) is 0. The lowest BCUT2D eigenvalue weighted by molar-refractivity contribution is 0.493. The fraction of sp³-hybridized carbons (Fsp3) is 0.571. The standard InChI is InChI=1S/C14H17BrClF/c15-13-8-7-11(14(17)12(13)9-16)6-5-10-3-1-2-4-10/h7-8,10H,1-6,9H2. The summed E-state index contributed by atoms with van der Waals surface area (Å²) in [6.45, 7) is 0. The van der Waals surface area contributed by atoms with Gasteiger partial charge in [0.15, 0.2) is 0 Å². The lowest BCUT2D eigenvalue weighted by Crippen LogP contribution is -2.01. The highest BCUT2D eigenvalue weighted by atomic mass is 79.9. The van der Waals surface area contributed by atoms with Crippen molar-refractivity contribution < 1.29 is 4.39 Å². The molecule has 1 aliphatic rings. The first-order valence-corrected chi connectivity index (χ1v) is 7.57. The third kappa shape index (κ3) is 3.23. The monoisotopic (exact) mass is 318 g/mol. The van der Waals surface area contributed by atoms with E-state index in [1.807, 2.05) is 12.1 Å². The Bertz CT molecular complexity index is 386. The Morgan fingerprint density at radius 3 is 2.65 bits per heavy atom. The Balaban J connectivity index is 2.05. The number of aryl methyl sites for hydroxylation is 1. The van der Waals surface area contributed by atoms with Gasteiger partial charge in [-0.05, 0) is 30.4 Å². The highest BCUT2D eigenvalue weighted by Crippen LogP contribution is 2.30. The zero-order valence-corrected chi connectivity index (χ0v) is 12.2. The van der Waals surface area contributed by atoms with Crippen molar-refractivity contribution in [1.82, 2.24) is 0 Å². The minimum atomic E-state index is -0.118. The molecule has 1 aliphatic carbocycles. The zero-order chi connectivity index (χ0) is 12.3. The van der Waals surface area contributed by atoms with Gasteiger partial charge in [0.05, 0.1) is 5.88 Å². The van der Waals surface area contributed by atoms with Crippen LogP contribution in [0.4, 0.5) is 4.39 Å². The first kappa shape index (κ1) is 13.4. The Kier molecular flexibility index (Phi) is 4.87. The average Bonchev–Trinajstić information content (AvgIpc) is 2.82. The molecular weight excluding hydrogens is 303 g/mol. The summed E-state index contributed by atoms with van der Waals surface area (Å²) >= 11 is 9.10. The molecule has 0 radical (unpaired) electrons. The number of halogens is 3. The van der Waals surface area contributed by atoms with E-state index in [4.69, 9.17) is 11.6 Å². The highest BCUT2D eigenvalue weighted by Gasteiger charge is 2.17. The van der Waals surface area contributed by atoms with Gasteiger partial charge in [-0.15, -0.1) is 11.6 Å². The van der Waals surface area contributed by atoms with Gasteiger partial charge in [-0.25, -0.2) is 4.39 Å². The van der Waals surface area contributed by atoms with E-state index in [1.165, 1.54) is 25.7 Å². The molecule has 0 spiro atoms. The van der Waals surface area contributed by atoms with Gasteiger partial charge in [0.2, 0.25) is 0 Å². The van der Waals surface area contributed by atoms with Crippen molar-refractivity contribution in [2.75, 3.05) is 0 Å². The molecule has 0 nitrogen and oxygen atoms in total. The fourth-order valence-corrected chi connectivity index (χ4v) is 3.49. The molecule has 94 valence electrons. The molecule has 1 saturated carbocycles. The lowest BCUT2D eigenvalue weighted by atomic mass is 9.97. The molecule has 0 atom stereocenters. The first-order valence-electron chi connectivity index (χ1n) is 6.24. The SMILES string of the molecule is Fc1c(CCC2CCCC2)ccc(Br)c1CCl. The summed E-state index contributed by atoms with van der Waals surface area (Å²) in [6.07, 6.45) is 7.29. The fourth-order valence-electron chi connectivity index (χ4n) is 2.62. The van der Waals surface area contributed by atoms with Crippen LogP contribution in [0.5, 0.6) is 0 Å². The molecule has 0 aliphatic heterocycles. The van der Waals surface area contributed by atoms with Crippen LogP contribution in [0.3, 0.4) is 0 Å². The predicted molar refractivity (Wildman–Crippen MR) is 73.9 cm³/mol. The molecule has 0 aromatic heterocycles. The Labute approximate surface area is 116 Å².